The number of hydrogen-bond acceptors (Lipinski definition) is 2. The molecule has 11 rings (SSSR count). The summed E-state index contributed by atoms with van der Waals surface area (Å²) in [5.41, 5.74) is 13.3. The highest BCUT2D eigenvalue weighted by Gasteiger charge is 2.23. The summed E-state index contributed by atoms with van der Waals surface area (Å²) in [7, 11) is 0. The maximum absolute atomic E-state index is 6.44. The van der Waals surface area contributed by atoms with Crippen LogP contribution in [0.1, 0.15) is 0 Å². The minimum Gasteiger partial charge on any atom is -0.455 e. The lowest BCUT2D eigenvalue weighted by atomic mass is 9.95. The van der Waals surface area contributed by atoms with Gasteiger partial charge < -0.3 is 13.9 Å². The van der Waals surface area contributed by atoms with Crippen LogP contribution in [0, 0.1) is 0 Å². The number of nitrogens with zero attached hydrogens (tertiary/aromatic N) is 2. The SMILES string of the molecule is c1ccc(-c2ccccc2N(c2ccc(-c3cc4c5ccccc5oc4c4ccccc34)cc2)c2cccc3c2c2ccccc2n3-c2ccccc2)cc1. The lowest BCUT2D eigenvalue weighted by molar-refractivity contribution is 0.672. The molecule has 0 saturated carbocycles. The summed E-state index contributed by atoms with van der Waals surface area (Å²) in [6.45, 7) is 0. The number of rotatable bonds is 6. The predicted molar refractivity (Wildman–Crippen MR) is 231 cm³/mol. The Morgan fingerprint density at radius 3 is 1.80 bits per heavy atom. The zero-order valence-electron chi connectivity index (χ0n) is 29.9. The van der Waals surface area contributed by atoms with Crippen LogP contribution >= 0.6 is 0 Å². The van der Waals surface area contributed by atoms with E-state index in [4.69, 9.17) is 4.42 Å². The van der Waals surface area contributed by atoms with Crippen LogP contribution in [0.4, 0.5) is 17.1 Å². The molecule has 11 aromatic rings. The van der Waals surface area contributed by atoms with Crippen molar-refractivity contribution < 1.29 is 4.42 Å². The number of para-hydroxylation sites is 4. The van der Waals surface area contributed by atoms with Gasteiger partial charge in [0.1, 0.15) is 11.2 Å². The van der Waals surface area contributed by atoms with E-state index in [1.165, 1.54) is 38.4 Å². The molecule has 0 aliphatic heterocycles. The molecular weight excluding hydrogens is 669 g/mol. The van der Waals surface area contributed by atoms with E-state index in [2.05, 4.69) is 210 Å². The number of benzene rings is 9. The Labute approximate surface area is 318 Å². The van der Waals surface area contributed by atoms with Gasteiger partial charge in [0.2, 0.25) is 0 Å². The molecule has 0 amide bonds. The van der Waals surface area contributed by atoms with Crippen LogP contribution < -0.4 is 4.90 Å². The van der Waals surface area contributed by atoms with Gasteiger partial charge >= 0.3 is 0 Å². The highest BCUT2D eigenvalue weighted by molar-refractivity contribution is 6.20. The average molecular weight is 703 g/mol. The molecule has 258 valence electrons. The number of hydrogen-bond donors (Lipinski definition) is 0. The number of aromatic nitrogens is 1. The number of furan rings is 1. The molecule has 2 aromatic heterocycles. The Balaban J connectivity index is 1.16. The van der Waals surface area contributed by atoms with Gasteiger partial charge in [-0.25, -0.2) is 0 Å². The zero-order valence-corrected chi connectivity index (χ0v) is 29.9. The van der Waals surface area contributed by atoms with E-state index >= 15 is 0 Å². The van der Waals surface area contributed by atoms with Gasteiger partial charge in [-0.3, -0.25) is 0 Å². The molecular formula is C52H34N2O. The summed E-state index contributed by atoms with van der Waals surface area (Å²) in [6, 6.07) is 73.9. The summed E-state index contributed by atoms with van der Waals surface area (Å²) >= 11 is 0. The van der Waals surface area contributed by atoms with E-state index in [1.54, 1.807) is 0 Å². The van der Waals surface area contributed by atoms with E-state index in [0.29, 0.717) is 0 Å². The second-order valence-electron chi connectivity index (χ2n) is 14.1. The Morgan fingerprint density at radius 1 is 0.382 bits per heavy atom. The maximum Gasteiger partial charge on any atom is 0.143 e. The Kier molecular flexibility index (Phi) is 7.17. The van der Waals surface area contributed by atoms with Crippen LogP contribution in [-0.2, 0) is 0 Å². The van der Waals surface area contributed by atoms with E-state index in [-0.39, 0.29) is 0 Å². The van der Waals surface area contributed by atoms with E-state index < -0.39 is 0 Å². The van der Waals surface area contributed by atoms with Gasteiger partial charge in [0.15, 0.2) is 0 Å². The molecule has 9 aromatic carbocycles. The zero-order chi connectivity index (χ0) is 36.3. The van der Waals surface area contributed by atoms with Crippen LogP contribution in [0.5, 0.6) is 0 Å². The Bertz CT molecular complexity index is 3190. The molecule has 0 bridgehead atoms. The standard InChI is InChI=1S/C52H34N2O/c1-3-16-35(17-4-1)39-20-9-12-25-46(39)54(49-28-15-27-48-51(49)43-24-10-13-26-47(43)53(48)37-18-5-2-6-19-37)38-32-30-36(31-33-38)44-34-45-41-22-11-14-29-50(41)55-52(45)42-23-8-7-21-40(42)44/h1-34H. The van der Waals surface area contributed by atoms with Crippen LogP contribution in [0.2, 0.25) is 0 Å². The number of anilines is 3. The molecule has 0 aliphatic rings. The topological polar surface area (TPSA) is 21.3 Å². The Hall–Kier alpha value is -7.36. The highest BCUT2D eigenvalue weighted by atomic mass is 16.3. The monoisotopic (exact) mass is 702 g/mol. The maximum atomic E-state index is 6.44. The molecule has 0 spiro atoms. The Morgan fingerprint density at radius 2 is 0.982 bits per heavy atom. The molecule has 0 atom stereocenters. The molecule has 55 heavy (non-hydrogen) atoms. The lowest BCUT2D eigenvalue weighted by Gasteiger charge is -2.29. The van der Waals surface area contributed by atoms with Crippen molar-refractivity contribution in [3.05, 3.63) is 206 Å². The molecule has 0 aliphatic carbocycles. The molecule has 0 saturated heterocycles. The molecule has 0 unspecified atom stereocenters. The smallest absolute Gasteiger partial charge is 0.143 e. The van der Waals surface area contributed by atoms with Gasteiger partial charge in [-0.05, 0) is 82.7 Å². The molecule has 0 radical (unpaired) electrons. The van der Waals surface area contributed by atoms with Gasteiger partial charge in [0.05, 0.1) is 22.4 Å². The van der Waals surface area contributed by atoms with Gasteiger partial charge in [-0.2, -0.15) is 0 Å². The summed E-state index contributed by atoms with van der Waals surface area (Å²) < 4.78 is 8.83. The van der Waals surface area contributed by atoms with Crippen molar-refractivity contribution in [2.24, 2.45) is 0 Å². The molecule has 3 heteroatoms. The first-order chi connectivity index (χ1) is 27.3. The third-order valence-electron chi connectivity index (χ3n) is 11.0. The van der Waals surface area contributed by atoms with Gasteiger partial charge in [0.25, 0.3) is 0 Å². The second kappa shape index (κ2) is 12.6. The summed E-state index contributed by atoms with van der Waals surface area (Å²) in [5, 5.41) is 6.97. The number of fused-ring (bicyclic) bond motifs is 8. The first kappa shape index (κ1) is 31.2. The molecule has 0 fully saturated rings. The fraction of sp³-hybridized carbons (Fsp3) is 0. The normalized spacial score (nSPS) is 11.6. The highest BCUT2D eigenvalue weighted by Crippen LogP contribution is 2.47. The van der Waals surface area contributed by atoms with E-state index in [0.717, 1.165) is 61.2 Å². The van der Waals surface area contributed by atoms with Gasteiger partial charge in [0, 0.05) is 43.9 Å². The fourth-order valence-electron chi connectivity index (χ4n) is 8.56. The third-order valence-corrected chi connectivity index (χ3v) is 11.0. The van der Waals surface area contributed by atoms with E-state index in [9.17, 15) is 0 Å². The molecule has 3 nitrogen and oxygen atoms in total. The van der Waals surface area contributed by atoms with Crippen molar-refractivity contribution in [1.82, 2.24) is 4.57 Å². The van der Waals surface area contributed by atoms with Crippen molar-refractivity contribution in [3.8, 4) is 27.9 Å². The van der Waals surface area contributed by atoms with Crippen molar-refractivity contribution in [2.45, 2.75) is 0 Å². The summed E-state index contributed by atoms with van der Waals surface area (Å²) in [4.78, 5) is 2.45. The predicted octanol–water partition coefficient (Wildman–Crippen LogP) is 14.6. The minimum atomic E-state index is 0.908. The van der Waals surface area contributed by atoms with Gasteiger partial charge in [-0.15, -0.1) is 0 Å². The lowest BCUT2D eigenvalue weighted by Crippen LogP contribution is -2.11. The van der Waals surface area contributed by atoms with Gasteiger partial charge in [-0.1, -0.05) is 146 Å². The van der Waals surface area contributed by atoms with E-state index in [1.807, 2.05) is 6.07 Å². The minimum absolute atomic E-state index is 0.908. The average Bonchev–Trinajstić information content (AvgIpc) is 3.81. The first-order valence-electron chi connectivity index (χ1n) is 18.8. The summed E-state index contributed by atoms with van der Waals surface area (Å²) in [5.74, 6) is 0. The quantitative estimate of drug-likeness (QED) is 0.172. The van der Waals surface area contributed by atoms with Crippen molar-refractivity contribution in [3.63, 3.8) is 0 Å². The summed E-state index contributed by atoms with van der Waals surface area (Å²) in [6.07, 6.45) is 0. The first-order valence-corrected chi connectivity index (χ1v) is 18.8. The third kappa shape index (κ3) is 4.98. The van der Waals surface area contributed by atoms with Crippen LogP contribution in [-0.4, -0.2) is 4.57 Å². The molecule has 0 N–H and O–H groups in total. The fourth-order valence-corrected chi connectivity index (χ4v) is 8.56. The van der Waals surface area contributed by atoms with Crippen molar-refractivity contribution >= 4 is 71.6 Å². The van der Waals surface area contributed by atoms with Crippen LogP contribution in [0.15, 0.2) is 211 Å². The van der Waals surface area contributed by atoms with Crippen LogP contribution in [0.25, 0.3) is 82.5 Å². The molecule has 2 heterocycles. The second-order valence-corrected chi connectivity index (χ2v) is 14.1. The largest absolute Gasteiger partial charge is 0.455 e. The van der Waals surface area contributed by atoms with Crippen molar-refractivity contribution in [1.29, 1.82) is 0 Å². The van der Waals surface area contributed by atoms with Crippen molar-refractivity contribution in [2.75, 3.05) is 4.90 Å². The van der Waals surface area contributed by atoms with Crippen LogP contribution in [0.3, 0.4) is 0 Å².